The van der Waals surface area contributed by atoms with E-state index in [2.05, 4.69) is 37.5 Å². The van der Waals surface area contributed by atoms with E-state index in [0.29, 0.717) is 12.1 Å². The van der Waals surface area contributed by atoms with Crippen molar-refractivity contribution < 1.29 is 4.79 Å². The molecule has 0 fully saturated rings. The van der Waals surface area contributed by atoms with E-state index in [-0.39, 0.29) is 5.91 Å². The Hall–Kier alpha value is -1.75. The number of nitrogens with one attached hydrogen (secondary N) is 1. The molecule has 1 amide bonds. The van der Waals surface area contributed by atoms with Crippen LogP contribution < -0.4 is 5.32 Å². The number of alkyl halides is 1. The van der Waals surface area contributed by atoms with Crippen molar-refractivity contribution in [3.05, 3.63) is 59.4 Å². The number of rotatable bonds is 4. The van der Waals surface area contributed by atoms with Gasteiger partial charge in [-0.15, -0.1) is 0 Å². The molecule has 2 aromatic rings. The van der Waals surface area contributed by atoms with Crippen molar-refractivity contribution in [2.24, 2.45) is 0 Å². The van der Waals surface area contributed by atoms with Gasteiger partial charge in [0, 0.05) is 11.9 Å². The van der Waals surface area contributed by atoms with Gasteiger partial charge in [-0.3, -0.25) is 4.79 Å². The molecule has 0 bridgehead atoms. The predicted octanol–water partition coefficient (Wildman–Crippen LogP) is 2.30. The number of halogens is 1. The van der Waals surface area contributed by atoms with Crippen molar-refractivity contribution in [1.29, 1.82) is 0 Å². The molecule has 1 aromatic carbocycles. The number of amides is 1. The highest BCUT2D eigenvalue weighted by Crippen LogP contribution is 2.08. The molecule has 4 nitrogen and oxygen atoms in total. The molecule has 1 aromatic heterocycles. The average molecular weight is 306 g/mol. The van der Waals surface area contributed by atoms with Gasteiger partial charge in [0.15, 0.2) is 0 Å². The van der Waals surface area contributed by atoms with Crippen LogP contribution in [-0.4, -0.2) is 16.1 Å². The van der Waals surface area contributed by atoms with Gasteiger partial charge in [-0.2, -0.15) is 10.2 Å². The Morgan fingerprint density at radius 1 is 1.22 bits per heavy atom. The molecule has 0 radical (unpaired) electrons. The number of carbonyl (C=O) groups is 1. The molecule has 0 saturated carbocycles. The molecule has 5 heteroatoms. The third kappa shape index (κ3) is 3.37. The molecule has 0 aliphatic carbocycles. The smallest absolute Gasteiger partial charge is 0.253 e. The van der Waals surface area contributed by atoms with Crippen LogP contribution in [0.3, 0.4) is 0 Å². The van der Waals surface area contributed by atoms with Gasteiger partial charge in [-0.1, -0.05) is 40.2 Å². The first kappa shape index (κ1) is 12.7. The zero-order valence-corrected chi connectivity index (χ0v) is 11.2. The summed E-state index contributed by atoms with van der Waals surface area (Å²) in [6, 6.07) is 9.69. The first-order valence-corrected chi connectivity index (χ1v) is 6.60. The van der Waals surface area contributed by atoms with Crippen molar-refractivity contribution in [2.45, 2.75) is 11.9 Å². The molecule has 0 atom stereocenters. The summed E-state index contributed by atoms with van der Waals surface area (Å²) in [6.45, 7) is 0.502. The molecule has 0 aliphatic heterocycles. The van der Waals surface area contributed by atoms with Crippen molar-refractivity contribution >= 4 is 21.8 Å². The quantitative estimate of drug-likeness (QED) is 0.882. The molecule has 2 rings (SSSR count). The maximum absolute atomic E-state index is 11.8. The van der Waals surface area contributed by atoms with E-state index in [0.717, 1.165) is 10.9 Å². The minimum absolute atomic E-state index is 0.144. The number of nitrogens with zero attached hydrogens (tertiary/aromatic N) is 2. The Balaban J connectivity index is 1.97. The maximum atomic E-state index is 11.8. The summed E-state index contributed by atoms with van der Waals surface area (Å²) in [7, 11) is 0. The molecular weight excluding hydrogens is 294 g/mol. The molecule has 0 spiro atoms. The number of aromatic nitrogens is 2. The lowest BCUT2D eigenvalue weighted by atomic mass is 10.1. The Bertz CT molecular complexity index is 531. The standard InChI is InChI=1S/C13H12BrN3O/c14-7-10-2-1-3-11(6-10)8-15-13(18)12-4-5-16-17-9-12/h1-6,9H,7-8H2,(H,15,18). The van der Waals surface area contributed by atoms with Gasteiger partial charge in [-0.05, 0) is 17.2 Å². The largest absolute Gasteiger partial charge is 0.348 e. The van der Waals surface area contributed by atoms with Crippen molar-refractivity contribution in [1.82, 2.24) is 15.5 Å². The summed E-state index contributed by atoms with van der Waals surface area (Å²) in [6.07, 6.45) is 2.95. The molecule has 0 aliphatic rings. The third-order valence-corrected chi connectivity index (χ3v) is 3.09. The minimum Gasteiger partial charge on any atom is -0.348 e. The highest BCUT2D eigenvalue weighted by atomic mass is 79.9. The van der Waals surface area contributed by atoms with Gasteiger partial charge in [0.2, 0.25) is 0 Å². The number of carbonyl (C=O) groups excluding carboxylic acids is 1. The first-order chi connectivity index (χ1) is 8.79. The lowest BCUT2D eigenvalue weighted by molar-refractivity contribution is 0.0950. The van der Waals surface area contributed by atoms with E-state index in [1.165, 1.54) is 18.0 Å². The molecule has 0 unspecified atom stereocenters. The highest BCUT2D eigenvalue weighted by molar-refractivity contribution is 9.08. The molecule has 0 saturated heterocycles. The topological polar surface area (TPSA) is 54.9 Å². The third-order valence-electron chi connectivity index (χ3n) is 2.45. The Morgan fingerprint density at radius 2 is 2.06 bits per heavy atom. The molecule has 92 valence electrons. The molecule has 18 heavy (non-hydrogen) atoms. The lowest BCUT2D eigenvalue weighted by Crippen LogP contribution is -2.22. The van der Waals surface area contributed by atoms with Gasteiger partial charge >= 0.3 is 0 Å². The average Bonchev–Trinajstić information content (AvgIpc) is 2.46. The van der Waals surface area contributed by atoms with Gasteiger partial charge < -0.3 is 5.32 Å². The van der Waals surface area contributed by atoms with Gasteiger partial charge in [0.05, 0.1) is 18.0 Å². The van der Waals surface area contributed by atoms with Crippen LogP contribution in [0, 0.1) is 0 Å². The lowest BCUT2D eigenvalue weighted by Gasteiger charge is -2.06. The summed E-state index contributed by atoms with van der Waals surface area (Å²) in [5.74, 6) is -0.144. The van der Waals surface area contributed by atoms with Crippen LogP contribution in [0.2, 0.25) is 0 Å². The van der Waals surface area contributed by atoms with Crippen LogP contribution in [0.25, 0.3) is 0 Å². The summed E-state index contributed by atoms with van der Waals surface area (Å²) in [4.78, 5) is 11.8. The Kier molecular flexibility index (Phi) is 4.41. The van der Waals surface area contributed by atoms with E-state index < -0.39 is 0 Å². The fourth-order valence-electron chi connectivity index (χ4n) is 1.53. The van der Waals surface area contributed by atoms with Crippen LogP contribution in [0.15, 0.2) is 42.7 Å². The Labute approximate surface area is 114 Å². The van der Waals surface area contributed by atoms with E-state index in [1.54, 1.807) is 6.07 Å². The number of benzene rings is 1. The monoisotopic (exact) mass is 305 g/mol. The van der Waals surface area contributed by atoms with Crippen LogP contribution >= 0.6 is 15.9 Å². The Morgan fingerprint density at radius 3 is 2.78 bits per heavy atom. The van der Waals surface area contributed by atoms with E-state index in [9.17, 15) is 4.79 Å². The van der Waals surface area contributed by atoms with Gasteiger partial charge in [0.1, 0.15) is 0 Å². The van der Waals surface area contributed by atoms with E-state index in [1.807, 2.05) is 18.2 Å². The van der Waals surface area contributed by atoms with Crippen LogP contribution in [0.1, 0.15) is 21.5 Å². The number of hydrogen-bond acceptors (Lipinski definition) is 3. The second-order valence-corrected chi connectivity index (χ2v) is 4.33. The van der Waals surface area contributed by atoms with Crippen LogP contribution in [0.5, 0.6) is 0 Å². The van der Waals surface area contributed by atoms with Crippen molar-refractivity contribution in [2.75, 3.05) is 0 Å². The number of hydrogen-bond donors (Lipinski definition) is 1. The van der Waals surface area contributed by atoms with E-state index >= 15 is 0 Å². The minimum atomic E-state index is -0.144. The zero-order valence-electron chi connectivity index (χ0n) is 9.64. The van der Waals surface area contributed by atoms with Crippen LogP contribution in [0.4, 0.5) is 0 Å². The maximum Gasteiger partial charge on any atom is 0.253 e. The molecule has 1 heterocycles. The predicted molar refractivity (Wildman–Crippen MR) is 72.3 cm³/mol. The second-order valence-electron chi connectivity index (χ2n) is 3.77. The van der Waals surface area contributed by atoms with Crippen LogP contribution in [-0.2, 0) is 11.9 Å². The summed E-state index contributed by atoms with van der Waals surface area (Å²) in [5, 5.41) is 11.0. The fourth-order valence-corrected chi connectivity index (χ4v) is 1.88. The highest BCUT2D eigenvalue weighted by Gasteiger charge is 2.04. The second kappa shape index (κ2) is 6.26. The fraction of sp³-hybridized carbons (Fsp3) is 0.154. The zero-order chi connectivity index (χ0) is 12.8. The van der Waals surface area contributed by atoms with Crippen molar-refractivity contribution in [3.63, 3.8) is 0 Å². The van der Waals surface area contributed by atoms with E-state index in [4.69, 9.17) is 0 Å². The molecule has 1 N–H and O–H groups in total. The van der Waals surface area contributed by atoms with Crippen molar-refractivity contribution in [3.8, 4) is 0 Å². The van der Waals surface area contributed by atoms with Gasteiger partial charge in [-0.25, -0.2) is 0 Å². The summed E-state index contributed by atoms with van der Waals surface area (Å²) >= 11 is 3.41. The molecular formula is C13H12BrN3O. The summed E-state index contributed by atoms with van der Waals surface area (Å²) < 4.78 is 0. The van der Waals surface area contributed by atoms with Gasteiger partial charge in [0.25, 0.3) is 5.91 Å². The first-order valence-electron chi connectivity index (χ1n) is 5.48. The normalized spacial score (nSPS) is 10.1. The summed E-state index contributed by atoms with van der Waals surface area (Å²) in [5.41, 5.74) is 2.77. The SMILES string of the molecule is O=C(NCc1cccc(CBr)c1)c1ccnnc1.